The number of nitrogens with zero attached hydrogens (tertiary/aromatic N) is 1. The highest BCUT2D eigenvalue weighted by atomic mass is 79.9. The van der Waals surface area contributed by atoms with E-state index in [1.54, 1.807) is 0 Å². The van der Waals surface area contributed by atoms with Crippen LogP contribution in [0.3, 0.4) is 0 Å². The zero-order valence-electron chi connectivity index (χ0n) is 12.0. The van der Waals surface area contributed by atoms with Gasteiger partial charge >= 0.3 is 0 Å². The topological polar surface area (TPSA) is 15.3 Å². The number of nitrogens with one attached hydrogen (secondary N) is 1. The molecule has 0 spiro atoms. The van der Waals surface area contributed by atoms with Crippen LogP contribution in [0.25, 0.3) is 0 Å². The number of hydrogen-bond donors (Lipinski definition) is 1. The summed E-state index contributed by atoms with van der Waals surface area (Å²) in [5.41, 5.74) is 1.41. The molecule has 1 aliphatic heterocycles. The van der Waals surface area contributed by atoms with Gasteiger partial charge in [0.2, 0.25) is 0 Å². The average Bonchev–Trinajstić information content (AvgIpc) is 2.57. The first-order chi connectivity index (χ1) is 9.13. The molecule has 1 aromatic rings. The predicted molar refractivity (Wildman–Crippen MR) is 85.3 cm³/mol. The van der Waals surface area contributed by atoms with Crippen molar-refractivity contribution in [3.05, 3.63) is 34.3 Å². The van der Waals surface area contributed by atoms with Crippen molar-refractivity contribution in [1.29, 1.82) is 0 Å². The van der Waals surface area contributed by atoms with Crippen LogP contribution in [0.5, 0.6) is 0 Å². The molecule has 1 aromatic carbocycles. The molecule has 1 aliphatic rings. The first kappa shape index (κ1) is 15.0. The lowest BCUT2D eigenvalue weighted by molar-refractivity contribution is 0.248. The lowest BCUT2D eigenvalue weighted by Gasteiger charge is -2.25. The summed E-state index contributed by atoms with van der Waals surface area (Å²) in [5, 5.41) is 3.69. The number of benzene rings is 1. The van der Waals surface area contributed by atoms with Gasteiger partial charge in [-0.1, -0.05) is 41.9 Å². The highest BCUT2D eigenvalue weighted by molar-refractivity contribution is 9.10. The molecule has 106 valence electrons. The van der Waals surface area contributed by atoms with Gasteiger partial charge in [0.25, 0.3) is 0 Å². The molecule has 0 radical (unpaired) electrons. The molecule has 2 nitrogen and oxygen atoms in total. The van der Waals surface area contributed by atoms with Crippen LogP contribution in [0.1, 0.15) is 32.3 Å². The summed E-state index contributed by atoms with van der Waals surface area (Å²) in [6.45, 7) is 9.24. The van der Waals surface area contributed by atoms with E-state index in [0.29, 0.717) is 6.04 Å². The summed E-state index contributed by atoms with van der Waals surface area (Å²) >= 11 is 3.50. The summed E-state index contributed by atoms with van der Waals surface area (Å²) in [6.07, 6.45) is 2.53. The third-order valence-corrected chi connectivity index (χ3v) is 4.17. The van der Waals surface area contributed by atoms with Crippen LogP contribution >= 0.6 is 15.9 Å². The maximum Gasteiger partial charge on any atom is 0.0234 e. The Labute approximate surface area is 125 Å². The van der Waals surface area contributed by atoms with Crippen molar-refractivity contribution in [2.24, 2.45) is 5.92 Å². The second-order valence-corrected chi connectivity index (χ2v) is 6.91. The van der Waals surface area contributed by atoms with Crippen LogP contribution in [0.4, 0.5) is 0 Å². The van der Waals surface area contributed by atoms with Crippen LogP contribution in [-0.4, -0.2) is 30.6 Å². The molecule has 1 unspecified atom stereocenters. The van der Waals surface area contributed by atoms with Crippen molar-refractivity contribution in [2.75, 3.05) is 19.6 Å². The van der Waals surface area contributed by atoms with Gasteiger partial charge in [-0.3, -0.25) is 4.90 Å². The monoisotopic (exact) mass is 324 g/mol. The molecule has 2 rings (SSSR count). The Morgan fingerprint density at radius 2 is 2.05 bits per heavy atom. The Morgan fingerprint density at radius 1 is 1.32 bits per heavy atom. The zero-order chi connectivity index (χ0) is 13.7. The molecule has 3 heteroatoms. The van der Waals surface area contributed by atoms with Crippen LogP contribution in [0, 0.1) is 5.92 Å². The fraction of sp³-hybridized carbons (Fsp3) is 0.625. The van der Waals surface area contributed by atoms with Gasteiger partial charge in [0.15, 0.2) is 0 Å². The predicted octanol–water partition coefficient (Wildman–Crippen LogP) is 3.66. The van der Waals surface area contributed by atoms with Gasteiger partial charge in [-0.25, -0.2) is 0 Å². The third kappa shape index (κ3) is 5.25. The average molecular weight is 325 g/mol. The van der Waals surface area contributed by atoms with E-state index >= 15 is 0 Å². The molecule has 1 heterocycles. The van der Waals surface area contributed by atoms with Gasteiger partial charge in [-0.2, -0.15) is 0 Å². The fourth-order valence-corrected chi connectivity index (χ4v) is 3.06. The number of halogens is 1. The smallest absolute Gasteiger partial charge is 0.0234 e. The molecule has 1 fully saturated rings. The van der Waals surface area contributed by atoms with E-state index in [-0.39, 0.29) is 0 Å². The molecule has 0 saturated carbocycles. The lowest BCUT2D eigenvalue weighted by Crippen LogP contribution is -2.38. The summed E-state index contributed by atoms with van der Waals surface area (Å²) in [7, 11) is 0. The molecule has 0 amide bonds. The van der Waals surface area contributed by atoms with Crippen molar-refractivity contribution in [3.8, 4) is 0 Å². The van der Waals surface area contributed by atoms with E-state index in [1.807, 2.05) is 0 Å². The SMILES string of the molecule is CC(C)CC1CN(Cc2ccc(Br)cc2)CCCN1. The summed E-state index contributed by atoms with van der Waals surface area (Å²) < 4.78 is 1.16. The van der Waals surface area contributed by atoms with Gasteiger partial charge in [0.05, 0.1) is 0 Å². The van der Waals surface area contributed by atoms with Crippen LogP contribution in [0.15, 0.2) is 28.7 Å². The standard InChI is InChI=1S/C16H25BrN2/c1-13(2)10-16-12-19(9-3-8-18-16)11-14-4-6-15(17)7-5-14/h4-7,13,16,18H,3,8-12H2,1-2H3. The quantitative estimate of drug-likeness (QED) is 0.909. The Hall–Kier alpha value is -0.380. The van der Waals surface area contributed by atoms with E-state index in [2.05, 4.69) is 64.3 Å². The Balaban J connectivity index is 1.92. The van der Waals surface area contributed by atoms with Crippen LogP contribution in [-0.2, 0) is 6.54 Å². The lowest BCUT2D eigenvalue weighted by atomic mass is 10.0. The minimum atomic E-state index is 0.651. The molecule has 0 aromatic heterocycles. The normalized spacial score (nSPS) is 21.6. The van der Waals surface area contributed by atoms with Crippen molar-refractivity contribution in [2.45, 2.75) is 39.3 Å². The maximum atomic E-state index is 3.69. The third-order valence-electron chi connectivity index (χ3n) is 3.64. The molecule has 0 aliphatic carbocycles. The minimum Gasteiger partial charge on any atom is -0.313 e. The largest absolute Gasteiger partial charge is 0.313 e. The molecule has 1 N–H and O–H groups in total. The fourth-order valence-electron chi connectivity index (χ4n) is 2.79. The van der Waals surface area contributed by atoms with Gasteiger partial charge in [0, 0.05) is 23.6 Å². The van der Waals surface area contributed by atoms with E-state index in [1.165, 1.54) is 31.5 Å². The van der Waals surface area contributed by atoms with Crippen molar-refractivity contribution >= 4 is 15.9 Å². The van der Waals surface area contributed by atoms with Crippen molar-refractivity contribution in [1.82, 2.24) is 10.2 Å². The van der Waals surface area contributed by atoms with E-state index in [0.717, 1.165) is 23.5 Å². The van der Waals surface area contributed by atoms with Gasteiger partial charge in [-0.05, 0) is 49.5 Å². The Morgan fingerprint density at radius 3 is 2.74 bits per heavy atom. The van der Waals surface area contributed by atoms with Gasteiger partial charge in [-0.15, -0.1) is 0 Å². The molecule has 19 heavy (non-hydrogen) atoms. The summed E-state index contributed by atoms with van der Waals surface area (Å²) in [4.78, 5) is 2.59. The van der Waals surface area contributed by atoms with Crippen LogP contribution < -0.4 is 5.32 Å². The Bertz CT molecular complexity index is 375. The van der Waals surface area contributed by atoms with E-state index < -0.39 is 0 Å². The second kappa shape index (κ2) is 7.41. The molecule has 0 bridgehead atoms. The van der Waals surface area contributed by atoms with Gasteiger partial charge < -0.3 is 5.32 Å². The second-order valence-electron chi connectivity index (χ2n) is 6.00. The summed E-state index contributed by atoms with van der Waals surface area (Å²) in [5.74, 6) is 0.769. The highest BCUT2D eigenvalue weighted by Gasteiger charge is 2.18. The highest BCUT2D eigenvalue weighted by Crippen LogP contribution is 2.15. The summed E-state index contributed by atoms with van der Waals surface area (Å²) in [6, 6.07) is 9.37. The molecule has 1 saturated heterocycles. The number of hydrogen-bond acceptors (Lipinski definition) is 2. The Kier molecular flexibility index (Phi) is 5.86. The van der Waals surface area contributed by atoms with Crippen molar-refractivity contribution in [3.63, 3.8) is 0 Å². The molecular formula is C16H25BrN2. The van der Waals surface area contributed by atoms with E-state index in [4.69, 9.17) is 0 Å². The van der Waals surface area contributed by atoms with Gasteiger partial charge in [0.1, 0.15) is 0 Å². The maximum absolute atomic E-state index is 3.69. The first-order valence-corrected chi connectivity index (χ1v) is 8.13. The molecular weight excluding hydrogens is 300 g/mol. The van der Waals surface area contributed by atoms with Crippen molar-refractivity contribution < 1.29 is 0 Å². The first-order valence-electron chi connectivity index (χ1n) is 7.33. The van der Waals surface area contributed by atoms with E-state index in [9.17, 15) is 0 Å². The molecule has 1 atom stereocenters. The van der Waals surface area contributed by atoms with Crippen LogP contribution in [0.2, 0.25) is 0 Å². The number of rotatable bonds is 4. The zero-order valence-corrected chi connectivity index (χ0v) is 13.6. The minimum absolute atomic E-state index is 0.651.